The Kier molecular flexibility index (Phi) is 4.98. The summed E-state index contributed by atoms with van der Waals surface area (Å²) in [6.07, 6.45) is 2.38. The van der Waals surface area contributed by atoms with Gasteiger partial charge in [0.2, 0.25) is 0 Å². The molecule has 90 valence electrons. The van der Waals surface area contributed by atoms with Gasteiger partial charge in [-0.3, -0.25) is 4.79 Å². The average molecular weight is 244 g/mol. The first-order valence-electron chi connectivity index (χ1n) is 5.05. The molecule has 1 rings (SSSR count). The molecule has 0 amide bonds. The Labute approximate surface area is 98.1 Å². The fourth-order valence-electron chi connectivity index (χ4n) is 1.14. The normalized spacial score (nSPS) is 13.1. The maximum atomic E-state index is 11.8. The van der Waals surface area contributed by atoms with Crippen LogP contribution in [0.15, 0.2) is 22.2 Å². The highest BCUT2D eigenvalue weighted by molar-refractivity contribution is 7.99. The zero-order valence-corrected chi connectivity index (χ0v) is 10.1. The largest absolute Gasteiger partial charge is 0.394 e. The van der Waals surface area contributed by atoms with Crippen molar-refractivity contribution in [2.45, 2.75) is 31.0 Å². The Morgan fingerprint density at radius 1 is 1.56 bits per heavy atom. The third-order valence-corrected chi connectivity index (χ3v) is 3.12. The van der Waals surface area contributed by atoms with Gasteiger partial charge in [-0.25, -0.2) is 4.98 Å². The number of hydrogen-bond acceptors (Lipinski definition) is 5. The van der Waals surface area contributed by atoms with E-state index in [2.05, 4.69) is 4.98 Å². The second-order valence-corrected chi connectivity index (χ2v) is 4.69. The number of nitrogens with zero attached hydrogens (tertiary/aromatic N) is 2. The molecule has 5 nitrogen and oxygen atoms in total. The van der Waals surface area contributed by atoms with E-state index in [1.165, 1.54) is 0 Å². The molecule has 6 heteroatoms. The van der Waals surface area contributed by atoms with E-state index >= 15 is 0 Å². The summed E-state index contributed by atoms with van der Waals surface area (Å²) in [6, 6.07) is 0.0811. The van der Waals surface area contributed by atoms with Gasteiger partial charge >= 0.3 is 0 Å². The zero-order valence-electron chi connectivity index (χ0n) is 9.33. The molecule has 2 N–H and O–H groups in total. The van der Waals surface area contributed by atoms with E-state index in [0.29, 0.717) is 5.03 Å². The molecular formula is C10H16N2O3S. The second-order valence-electron chi connectivity index (χ2n) is 3.69. The maximum absolute atomic E-state index is 11.8. The lowest BCUT2D eigenvalue weighted by molar-refractivity contribution is 0.113. The van der Waals surface area contributed by atoms with Crippen molar-refractivity contribution in [3.8, 4) is 0 Å². The topological polar surface area (TPSA) is 75.3 Å². The SMILES string of the molecule is CC(C)n1ccnc(SCC(O)CO)c1=O. The molecule has 0 bridgehead atoms. The Bertz CT molecular complexity index is 392. The first-order chi connectivity index (χ1) is 7.56. The quantitative estimate of drug-likeness (QED) is 0.727. The number of rotatable bonds is 5. The van der Waals surface area contributed by atoms with Gasteiger partial charge in [0, 0.05) is 24.2 Å². The van der Waals surface area contributed by atoms with Gasteiger partial charge < -0.3 is 14.8 Å². The van der Waals surface area contributed by atoms with Crippen LogP contribution in [0.3, 0.4) is 0 Å². The van der Waals surface area contributed by atoms with Crippen LogP contribution in [0.4, 0.5) is 0 Å². The van der Waals surface area contributed by atoms with E-state index in [0.717, 1.165) is 11.8 Å². The van der Waals surface area contributed by atoms with Crippen LogP contribution in [-0.2, 0) is 0 Å². The van der Waals surface area contributed by atoms with Crippen molar-refractivity contribution in [1.82, 2.24) is 9.55 Å². The minimum atomic E-state index is -0.820. The molecule has 0 radical (unpaired) electrons. The lowest BCUT2D eigenvalue weighted by atomic mass is 10.4. The molecule has 0 aliphatic carbocycles. The van der Waals surface area contributed by atoms with Crippen LogP contribution in [-0.4, -0.2) is 38.2 Å². The molecule has 0 spiro atoms. The van der Waals surface area contributed by atoms with Crippen LogP contribution in [0, 0.1) is 0 Å². The summed E-state index contributed by atoms with van der Waals surface area (Å²) in [6.45, 7) is 3.52. The highest BCUT2D eigenvalue weighted by Crippen LogP contribution is 2.12. The third-order valence-electron chi connectivity index (χ3n) is 2.02. The van der Waals surface area contributed by atoms with Gasteiger partial charge in [-0.15, -0.1) is 0 Å². The van der Waals surface area contributed by atoms with Crippen molar-refractivity contribution in [3.05, 3.63) is 22.7 Å². The predicted octanol–water partition coefficient (Wildman–Crippen LogP) is 0.269. The van der Waals surface area contributed by atoms with Crippen LogP contribution in [0.25, 0.3) is 0 Å². The summed E-state index contributed by atoms with van der Waals surface area (Å²) in [5.41, 5.74) is -0.160. The number of aliphatic hydroxyl groups excluding tert-OH is 2. The lowest BCUT2D eigenvalue weighted by Crippen LogP contribution is -2.24. The Morgan fingerprint density at radius 3 is 2.81 bits per heavy atom. The summed E-state index contributed by atoms with van der Waals surface area (Å²) in [7, 11) is 0. The molecule has 1 aromatic heterocycles. The molecule has 0 aromatic carbocycles. The highest BCUT2D eigenvalue weighted by Gasteiger charge is 2.10. The molecule has 0 fully saturated rings. The molecule has 0 aliphatic heterocycles. The van der Waals surface area contributed by atoms with Crippen LogP contribution < -0.4 is 5.56 Å². The molecule has 1 unspecified atom stereocenters. The maximum Gasteiger partial charge on any atom is 0.283 e. The van der Waals surface area contributed by atoms with Crippen LogP contribution in [0.2, 0.25) is 0 Å². The number of aliphatic hydroxyl groups is 2. The minimum Gasteiger partial charge on any atom is -0.394 e. The van der Waals surface area contributed by atoms with E-state index in [-0.39, 0.29) is 24.0 Å². The van der Waals surface area contributed by atoms with Crippen molar-refractivity contribution in [2.75, 3.05) is 12.4 Å². The second kappa shape index (κ2) is 6.03. The summed E-state index contributed by atoms with van der Waals surface area (Å²) < 4.78 is 1.58. The van der Waals surface area contributed by atoms with E-state index < -0.39 is 6.10 Å². The smallest absolute Gasteiger partial charge is 0.283 e. The standard InChI is InChI=1S/C10H16N2O3S/c1-7(2)12-4-3-11-9(10(12)15)16-6-8(14)5-13/h3-4,7-8,13-14H,5-6H2,1-2H3. The van der Waals surface area contributed by atoms with Crippen molar-refractivity contribution in [2.24, 2.45) is 0 Å². The van der Waals surface area contributed by atoms with Gasteiger partial charge in [0.05, 0.1) is 12.7 Å². The molecule has 1 aromatic rings. The number of hydrogen-bond donors (Lipinski definition) is 2. The van der Waals surface area contributed by atoms with E-state index in [1.807, 2.05) is 13.8 Å². The van der Waals surface area contributed by atoms with Crippen molar-refractivity contribution >= 4 is 11.8 Å². The molecule has 0 saturated heterocycles. The Balaban J connectivity index is 2.82. The first-order valence-corrected chi connectivity index (χ1v) is 6.03. The molecule has 1 atom stereocenters. The lowest BCUT2D eigenvalue weighted by Gasteiger charge is -2.11. The number of aromatic nitrogens is 2. The Hall–Kier alpha value is -0.850. The summed E-state index contributed by atoms with van der Waals surface area (Å²) >= 11 is 1.16. The average Bonchev–Trinajstić information content (AvgIpc) is 2.26. The third kappa shape index (κ3) is 3.33. The van der Waals surface area contributed by atoms with Crippen molar-refractivity contribution < 1.29 is 10.2 Å². The van der Waals surface area contributed by atoms with E-state index in [9.17, 15) is 9.90 Å². The van der Waals surface area contributed by atoms with Crippen molar-refractivity contribution in [3.63, 3.8) is 0 Å². The van der Waals surface area contributed by atoms with Gasteiger partial charge in [-0.1, -0.05) is 11.8 Å². The van der Waals surface area contributed by atoms with Gasteiger partial charge in [0.15, 0.2) is 5.03 Å². The minimum absolute atomic E-state index is 0.0811. The van der Waals surface area contributed by atoms with Gasteiger partial charge in [-0.05, 0) is 13.8 Å². The summed E-state index contributed by atoms with van der Waals surface area (Å²) in [4.78, 5) is 15.8. The fourth-order valence-corrected chi connectivity index (χ4v) is 1.96. The predicted molar refractivity (Wildman–Crippen MR) is 62.7 cm³/mol. The van der Waals surface area contributed by atoms with Crippen LogP contribution >= 0.6 is 11.8 Å². The zero-order chi connectivity index (χ0) is 12.1. The van der Waals surface area contributed by atoms with Gasteiger partial charge in [-0.2, -0.15) is 0 Å². The first kappa shape index (κ1) is 13.2. The summed E-state index contributed by atoms with van der Waals surface area (Å²) in [5, 5.41) is 18.2. The van der Waals surface area contributed by atoms with Crippen molar-refractivity contribution in [1.29, 1.82) is 0 Å². The van der Waals surface area contributed by atoms with Crippen LogP contribution in [0.1, 0.15) is 19.9 Å². The van der Waals surface area contributed by atoms with Gasteiger partial charge in [0.25, 0.3) is 5.56 Å². The molecule has 1 heterocycles. The van der Waals surface area contributed by atoms with Crippen LogP contribution in [0.5, 0.6) is 0 Å². The summed E-state index contributed by atoms with van der Waals surface area (Å²) in [5.74, 6) is 0.265. The Morgan fingerprint density at radius 2 is 2.25 bits per heavy atom. The van der Waals surface area contributed by atoms with Gasteiger partial charge in [0.1, 0.15) is 0 Å². The van der Waals surface area contributed by atoms with E-state index in [1.54, 1.807) is 17.0 Å². The molecular weight excluding hydrogens is 228 g/mol. The monoisotopic (exact) mass is 244 g/mol. The number of thioether (sulfide) groups is 1. The molecule has 16 heavy (non-hydrogen) atoms. The van der Waals surface area contributed by atoms with E-state index in [4.69, 9.17) is 5.11 Å². The highest BCUT2D eigenvalue weighted by atomic mass is 32.2. The molecule has 0 aliphatic rings. The molecule has 0 saturated carbocycles. The fraction of sp³-hybridized carbons (Fsp3) is 0.600.